The van der Waals surface area contributed by atoms with E-state index >= 15 is 0 Å². The number of hydrogen-bond acceptors (Lipinski definition) is 5. The van der Waals surface area contributed by atoms with E-state index in [-0.39, 0.29) is 0 Å². The number of aromatic nitrogens is 2. The quantitative estimate of drug-likeness (QED) is 0.190. The molecule has 3 heterocycles. The van der Waals surface area contributed by atoms with Crippen LogP contribution in [0.5, 0.6) is 0 Å². The molecule has 0 saturated heterocycles. The minimum Gasteiger partial charge on any atom is -0.455 e. The molecular formula is C46H28N4O. The summed E-state index contributed by atoms with van der Waals surface area (Å²) in [4.78, 5) is 10.8. The summed E-state index contributed by atoms with van der Waals surface area (Å²) in [6.07, 6.45) is 0. The zero-order valence-corrected chi connectivity index (χ0v) is 27.3. The van der Waals surface area contributed by atoms with Gasteiger partial charge in [-0.15, -0.1) is 0 Å². The van der Waals surface area contributed by atoms with E-state index in [0.29, 0.717) is 17.7 Å². The lowest BCUT2D eigenvalue weighted by Crippen LogP contribution is -2.40. The molecule has 5 heteroatoms. The Hall–Kier alpha value is -6.98. The number of rotatable bonds is 3. The smallest absolute Gasteiger partial charge is 0.251 e. The van der Waals surface area contributed by atoms with Gasteiger partial charge in [0.05, 0.1) is 35.0 Å². The van der Waals surface area contributed by atoms with Gasteiger partial charge in [0, 0.05) is 32.8 Å². The summed E-state index contributed by atoms with van der Waals surface area (Å²) in [5, 5.41) is 11.7. The molecule has 0 fully saturated rings. The third-order valence-corrected chi connectivity index (χ3v) is 10.0. The first-order valence-corrected chi connectivity index (χ1v) is 17.1. The molecule has 10 aromatic rings. The highest BCUT2D eigenvalue weighted by Gasteiger charge is 2.38. The Morgan fingerprint density at radius 3 is 2.06 bits per heavy atom. The predicted molar refractivity (Wildman–Crippen MR) is 210 cm³/mol. The van der Waals surface area contributed by atoms with E-state index in [1.54, 1.807) is 0 Å². The van der Waals surface area contributed by atoms with Gasteiger partial charge < -0.3 is 4.42 Å². The average Bonchev–Trinajstić information content (AvgIpc) is 3.60. The molecule has 0 radical (unpaired) electrons. The predicted octanol–water partition coefficient (Wildman–Crippen LogP) is 12.4. The van der Waals surface area contributed by atoms with Gasteiger partial charge in [0.1, 0.15) is 11.2 Å². The normalized spacial score (nSPS) is 12.9. The van der Waals surface area contributed by atoms with Crippen molar-refractivity contribution < 1.29 is 5.79 Å². The summed E-state index contributed by atoms with van der Waals surface area (Å²) in [5.74, 6) is 0.489. The van der Waals surface area contributed by atoms with E-state index in [2.05, 4.69) is 107 Å². The largest absolute Gasteiger partial charge is 0.455 e. The molecule has 238 valence electrons. The molecule has 0 aliphatic carbocycles. The molecule has 0 unspecified atom stereocenters. The zero-order valence-electron chi connectivity index (χ0n) is 28.3. The van der Waals surface area contributed by atoms with Crippen LogP contribution in [0, 0.1) is 0 Å². The fourth-order valence-electron chi connectivity index (χ4n) is 7.84. The third kappa shape index (κ3) is 4.09. The van der Waals surface area contributed by atoms with Gasteiger partial charge >= 0.3 is 0 Å². The topological polar surface area (TPSA) is 45.4 Å². The molecule has 5 nitrogen and oxygen atoms in total. The lowest BCUT2D eigenvalue weighted by atomic mass is 9.88. The van der Waals surface area contributed by atoms with Crippen molar-refractivity contribution >= 4 is 77.4 Å². The average molecular weight is 654 g/mol. The number of hydrazine groups is 1. The zero-order chi connectivity index (χ0) is 34.3. The molecule has 8 aromatic carbocycles. The maximum atomic E-state index is 8.93. The second-order valence-electron chi connectivity index (χ2n) is 12.9. The first-order valence-electron chi connectivity index (χ1n) is 17.6. The summed E-state index contributed by atoms with van der Waals surface area (Å²) in [6, 6.07) is 56.5. The Bertz CT molecular complexity index is 3060. The molecular weight excluding hydrogens is 625 g/mol. The lowest BCUT2D eigenvalue weighted by molar-refractivity contribution is 0.672. The van der Waals surface area contributed by atoms with Gasteiger partial charge in [-0.1, -0.05) is 133 Å². The van der Waals surface area contributed by atoms with E-state index in [0.717, 1.165) is 88.1 Å². The van der Waals surface area contributed by atoms with Crippen molar-refractivity contribution in [3.63, 3.8) is 0 Å². The highest BCUT2D eigenvalue weighted by molar-refractivity contribution is 6.29. The minimum absolute atomic E-state index is 0.405. The van der Waals surface area contributed by atoms with Crippen LogP contribution in [0.4, 0.5) is 23.0 Å². The number of hydrogen-bond donors (Lipinski definition) is 0. The molecule has 2 aromatic heterocycles. The van der Waals surface area contributed by atoms with E-state index in [4.69, 9.17) is 15.8 Å². The summed E-state index contributed by atoms with van der Waals surface area (Å²) in [5.41, 5.74) is 8.96. The monoisotopic (exact) mass is 653 g/mol. The van der Waals surface area contributed by atoms with Gasteiger partial charge in [0.2, 0.25) is 0 Å². The maximum Gasteiger partial charge on any atom is 0.251 e. The summed E-state index contributed by atoms with van der Waals surface area (Å²) in [7, 11) is 0. The van der Waals surface area contributed by atoms with Crippen LogP contribution in [0.2, 0.25) is 0 Å². The number of nitrogens with zero attached hydrogens (tertiary/aromatic N) is 4. The van der Waals surface area contributed by atoms with Gasteiger partial charge in [-0.3, -0.25) is 0 Å². The number of benzene rings is 8. The van der Waals surface area contributed by atoms with Crippen LogP contribution in [0.25, 0.3) is 76.8 Å². The molecule has 0 spiro atoms. The fourth-order valence-corrected chi connectivity index (χ4v) is 7.84. The van der Waals surface area contributed by atoms with Crippen molar-refractivity contribution in [3.05, 3.63) is 170 Å². The number of fused-ring (bicyclic) bond motifs is 12. The Kier molecular flexibility index (Phi) is 5.68. The van der Waals surface area contributed by atoms with Gasteiger partial charge in [-0.25, -0.2) is 20.0 Å². The molecule has 0 atom stereocenters. The summed E-state index contributed by atoms with van der Waals surface area (Å²) < 4.78 is 15.7. The van der Waals surface area contributed by atoms with Crippen molar-refractivity contribution in [2.75, 3.05) is 10.0 Å². The van der Waals surface area contributed by atoms with Crippen LogP contribution in [-0.2, 0) is 0 Å². The second kappa shape index (κ2) is 10.8. The van der Waals surface area contributed by atoms with Crippen LogP contribution in [0.1, 0.15) is 1.37 Å². The number of furan rings is 1. The first kappa shape index (κ1) is 26.9. The molecule has 0 saturated carbocycles. The molecule has 11 rings (SSSR count). The Labute approximate surface area is 294 Å². The highest BCUT2D eigenvalue weighted by Crippen LogP contribution is 2.57. The van der Waals surface area contributed by atoms with Crippen molar-refractivity contribution in [1.29, 1.82) is 0 Å². The molecule has 0 bridgehead atoms. The van der Waals surface area contributed by atoms with Gasteiger partial charge in [-0.2, -0.15) is 0 Å². The molecule has 1 aliphatic heterocycles. The van der Waals surface area contributed by atoms with Crippen molar-refractivity contribution in [2.24, 2.45) is 0 Å². The first-order chi connectivity index (χ1) is 25.7. The van der Waals surface area contributed by atoms with Crippen molar-refractivity contribution in [1.82, 2.24) is 9.97 Å². The lowest BCUT2D eigenvalue weighted by Gasteiger charge is -2.43. The van der Waals surface area contributed by atoms with E-state index < -0.39 is 0 Å². The molecule has 0 N–H and O–H groups in total. The summed E-state index contributed by atoms with van der Waals surface area (Å²) >= 11 is 0. The van der Waals surface area contributed by atoms with Crippen LogP contribution in [0.3, 0.4) is 0 Å². The van der Waals surface area contributed by atoms with Crippen molar-refractivity contribution in [3.8, 4) is 22.4 Å². The van der Waals surface area contributed by atoms with Crippen LogP contribution in [0.15, 0.2) is 174 Å². The number of para-hydroxylation sites is 3. The fraction of sp³-hybridized carbons (Fsp3) is 0. The van der Waals surface area contributed by atoms with Gasteiger partial charge in [0.25, 0.3) is 5.95 Å². The number of anilines is 4. The molecule has 51 heavy (non-hydrogen) atoms. The van der Waals surface area contributed by atoms with Crippen LogP contribution < -0.4 is 10.0 Å². The maximum absolute atomic E-state index is 8.93. The van der Waals surface area contributed by atoms with Crippen LogP contribution >= 0.6 is 0 Å². The van der Waals surface area contributed by atoms with Crippen LogP contribution in [-0.4, -0.2) is 9.97 Å². The SMILES string of the molecule is [2H]c1ccccc1-c1nc(N2c3c(c4ccccc4c4oc5ccccc5c34)-c3cc4ccccc4cc3N2c2ccccc2)nc2ccccc12. The molecule has 1 aliphatic rings. The molecule has 0 amide bonds. The Balaban J connectivity index is 1.37. The van der Waals surface area contributed by atoms with Gasteiger partial charge in [0.15, 0.2) is 0 Å². The Morgan fingerprint density at radius 1 is 0.549 bits per heavy atom. The second-order valence-corrected chi connectivity index (χ2v) is 12.9. The van der Waals surface area contributed by atoms with E-state index in [1.165, 1.54) is 0 Å². The van der Waals surface area contributed by atoms with Gasteiger partial charge in [-0.05, 0) is 52.6 Å². The highest BCUT2D eigenvalue weighted by atomic mass is 16.3. The summed E-state index contributed by atoms with van der Waals surface area (Å²) in [6.45, 7) is 0. The third-order valence-electron chi connectivity index (χ3n) is 10.0. The van der Waals surface area contributed by atoms with Crippen molar-refractivity contribution in [2.45, 2.75) is 0 Å². The van der Waals surface area contributed by atoms with E-state index in [9.17, 15) is 0 Å². The van der Waals surface area contributed by atoms with E-state index in [1.807, 2.05) is 66.7 Å². The Morgan fingerprint density at radius 2 is 1.22 bits per heavy atom. The minimum atomic E-state index is 0.405. The standard InChI is InChI=1S/C46H28N4O/c1-3-15-29(16-4-1)43-35-23-11-13-25-38(35)47-46(48-43)50-44-41(33-21-9-10-22-34(33)45-42(44)36-24-12-14-26-40(36)51-45)37-27-30-17-7-8-18-31(30)28-39(37)49(50)32-19-5-2-6-20-32/h1-28H/i15D.